The second kappa shape index (κ2) is 4.97. The van der Waals surface area contributed by atoms with E-state index in [1.54, 1.807) is 0 Å². The van der Waals surface area contributed by atoms with Crippen molar-refractivity contribution < 1.29 is 9.53 Å². The van der Waals surface area contributed by atoms with Gasteiger partial charge in [-0.25, -0.2) is 0 Å². The molecular formula is C12H21NO2. The highest BCUT2D eigenvalue weighted by atomic mass is 16.5. The lowest BCUT2D eigenvalue weighted by atomic mass is 9.76. The summed E-state index contributed by atoms with van der Waals surface area (Å²) in [6, 6.07) is 0.671. The summed E-state index contributed by atoms with van der Waals surface area (Å²) in [7, 11) is 0. The molecule has 1 saturated carbocycles. The van der Waals surface area contributed by atoms with Gasteiger partial charge in [-0.3, -0.25) is 4.79 Å². The largest absolute Gasteiger partial charge is 0.466 e. The zero-order valence-electron chi connectivity index (χ0n) is 9.50. The van der Waals surface area contributed by atoms with Crippen LogP contribution < -0.4 is 5.32 Å². The molecule has 0 bridgehead atoms. The summed E-state index contributed by atoms with van der Waals surface area (Å²) in [4.78, 5) is 11.6. The summed E-state index contributed by atoms with van der Waals surface area (Å²) in [5, 5.41) is 3.51. The molecule has 1 saturated heterocycles. The minimum atomic E-state index is -0.00553. The average molecular weight is 211 g/mol. The highest BCUT2D eigenvalue weighted by Crippen LogP contribution is 2.33. The van der Waals surface area contributed by atoms with Crippen molar-refractivity contribution in [3.05, 3.63) is 0 Å². The first-order chi connectivity index (χ1) is 7.31. The Kier molecular flexibility index (Phi) is 3.62. The van der Waals surface area contributed by atoms with Crippen molar-refractivity contribution >= 4 is 5.97 Å². The second-order valence-electron chi connectivity index (χ2n) is 4.74. The zero-order valence-corrected chi connectivity index (χ0v) is 9.50. The van der Waals surface area contributed by atoms with Gasteiger partial charge in [0.05, 0.1) is 12.5 Å². The van der Waals surface area contributed by atoms with E-state index in [2.05, 4.69) is 5.32 Å². The first-order valence-electron chi connectivity index (χ1n) is 6.21. The van der Waals surface area contributed by atoms with Crippen LogP contribution in [0.5, 0.6) is 0 Å². The molecule has 0 aromatic rings. The molecule has 0 aromatic heterocycles. The van der Waals surface area contributed by atoms with Crippen molar-refractivity contribution in [2.45, 2.75) is 45.1 Å². The lowest BCUT2D eigenvalue weighted by molar-refractivity contribution is -0.149. The van der Waals surface area contributed by atoms with Gasteiger partial charge in [0.25, 0.3) is 0 Å². The van der Waals surface area contributed by atoms with Crippen LogP contribution in [-0.4, -0.2) is 25.2 Å². The fraction of sp³-hybridized carbons (Fsp3) is 0.917. The summed E-state index contributed by atoms with van der Waals surface area (Å²) < 4.78 is 5.08. The smallest absolute Gasteiger partial charge is 0.310 e. The first kappa shape index (κ1) is 10.9. The van der Waals surface area contributed by atoms with Gasteiger partial charge in [0.1, 0.15) is 0 Å². The number of hydrogen-bond donors (Lipinski definition) is 1. The highest BCUT2D eigenvalue weighted by Gasteiger charge is 2.35. The van der Waals surface area contributed by atoms with Crippen LogP contribution >= 0.6 is 0 Å². The van der Waals surface area contributed by atoms with Gasteiger partial charge in [0.2, 0.25) is 0 Å². The van der Waals surface area contributed by atoms with Crippen LogP contribution in [0.4, 0.5) is 0 Å². The molecule has 0 radical (unpaired) electrons. The van der Waals surface area contributed by atoms with Gasteiger partial charge in [-0.05, 0) is 32.1 Å². The van der Waals surface area contributed by atoms with E-state index in [0.29, 0.717) is 18.6 Å². The summed E-state index contributed by atoms with van der Waals surface area (Å²) >= 11 is 0. The number of rotatable bonds is 2. The van der Waals surface area contributed by atoms with Crippen molar-refractivity contribution in [2.24, 2.45) is 11.8 Å². The molecule has 1 heterocycles. The fourth-order valence-electron chi connectivity index (χ4n) is 2.94. The Labute approximate surface area is 91.6 Å². The van der Waals surface area contributed by atoms with Gasteiger partial charge in [-0.15, -0.1) is 0 Å². The van der Waals surface area contributed by atoms with Crippen molar-refractivity contribution in [3.63, 3.8) is 0 Å². The number of piperidine rings is 1. The molecule has 0 amide bonds. The van der Waals surface area contributed by atoms with E-state index in [1.807, 2.05) is 6.92 Å². The number of hydrogen-bond acceptors (Lipinski definition) is 3. The molecule has 3 atom stereocenters. The molecule has 0 unspecified atom stereocenters. The van der Waals surface area contributed by atoms with E-state index in [0.717, 1.165) is 13.0 Å². The third-order valence-electron chi connectivity index (χ3n) is 3.74. The molecule has 0 aromatic carbocycles. The minimum absolute atomic E-state index is 0.00553. The third-order valence-corrected chi connectivity index (χ3v) is 3.74. The summed E-state index contributed by atoms with van der Waals surface area (Å²) in [6.45, 7) is 3.20. The molecule has 3 nitrogen and oxygen atoms in total. The standard InChI is InChI=1S/C12H21NO2/c1-2-15-12(14)10-7-9-5-3-4-6-11(9)13-8-10/h9-11,13H,2-8H2,1H3/t9-,10+,11-/m0/s1. The first-order valence-corrected chi connectivity index (χ1v) is 6.21. The number of esters is 1. The maximum Gasteiger partial charge on any atom is 0.310 e. The summed E-state index contributed by atoms with van der Waals surface area (Å²) in [6.07, 6.45) is 6.29. The molecule has 2 fully saturated rings. The lowest BCUT2D eigenvalue weighted by Crippen LogP contribution is -2.49. The van der Waals surface area contributed by atoms with E-state index in [-0.39, 0.29) is 11.9 Å². The van der Waals surface area contributed by atoms with Crippen LogP contribution in [0.25, 0.3) is 0 Å². The number of nitrogens with one attached hydrogen (secondary N) is 1. The maximum atomic E-state index is 11.6. The molecule has 2 aliphatic rings. The SMILES string of the molecule is CCOC(=O)[C@H]1CN[C@H]2CCCC[C@H]2C1. The van der Waals surface area contributed by atoms with Gasteiger partial charge in [0, 0.05) is 12.6 Å². The molecular weight excluding hydrogens is 190 g/mol. The van der Waals surface area contributed by atoms with Crippen LogP contribution in [0, 0.1) is 11.8 Å². The average Bonchev–Trinajstić information content (AvgIpc) is 2.29. The highest BCUT2D eigenvalue weighted by molar-refractivity contribution is 5.72. The molecule has 2 rings (SSSR count). The van der Waals surface area contributed by atoms with E-state index in [9.17, 15) is 4.79 Å². The van der Waals surface area contributed by atoms with E-state index < -0.39 is 0 Å². The molecule has 1 aliphatic carbocycles. The van der Waals surface area contributed by atoms with Crippen molar-refractivity contribution in [1.29, 1.82) is 0 Å². The molecule has 1 aliphatic heterocycles. The molecule has 0 spiro atoms. The number of carbonyl (C=O) groups is 1. The quantitative estimate of drug-likeness (QED) is 0.707. The topological polar surface area (TPSA) is 38.3 Å². The van der Waals surface area contributed by atoms with Gasteiger partial charge in [-0.2, -0.15) is 0 Å². The predicted molar refractivity (Wildman–Crippen MR) is 58.5 cm³/mol. The van der Waals surface area contributed by atoms with E-state index in [4.69, 9.17) is 4.74 Å². The van der Waals surface area contributed by atoms with Gasteiger partial charge < -0.3 is 10.1 Å². The monoisotopic (exact) mass is 211 g/mol. The fourth-order valence-corrected chi connectivity index (χ4v) is 2.94. The molecule has 1 N–H and O–H groups in total. The van der Waals surface area contributed by atoms with Crippen LogP contribution in [0.2, 0.25) is 0 Å². The zero-order chi connectivity index (χ0) is 10.7. The Bertz CT molecular complexity index is 230. The Hall–Kier alpha value is -0.570. The Morgan fingerprint density at radius 3 is 3.00 bits per heavy atom. The van der Waals surface area contributed by atoms with Crippen LogP contribution in [0.1, 0.15) is 39.0 Å². The second-order valence-corrected chi connectivity index (χ2v) is 4.74. The Morgan fingerprint density at radius 1 is 1.40 bits per heavy atom. The molecule has 15 heavy (non-hydrogen) atoms. The van der Waals surface area contributed by atoms with Crippen LogP contribution in [0.3, 0.4) is 0 Å². The number of carbonyl (C=O) groups excluding carboxylic acids is 1. The summed E-state index contributed by atoms with van der Waals surface area (Å²) in [5.41, 5.74) is 0. The Morgan fingerprint density at radius 2 is 2.20 bits per heavy atom. The van der Waals surface area contributed by atoms with Crippen LogP contribution in [-0.2, 0) is 9.53 Å². The van der Waals surface area contributed by atoms with Gasteiger partial charge in [0.15, 0.2) is 0 Å². The van der Waals surface area contributed by atoms with Gasteiger partial charge in [-0.1, -0.05) is 12.8 Å². The van der Waals surface area contributed by atoms with Crippen LogP contribution in [0.15, 0.2) is 0 Å². The molecule has 86 valence electrons. The van der Waals surface area contributed by atoms with E-state index in [1.165, 1.54) is 25.7 Å². The van der Waals surface area contributed by atoms with Crippen molar-refractivity contribution in [3.8, 4) is 0 Å². The van der Waals surface area contributed by atoms with E-state index >= 15 is 0 Å². The maximum absolute atomic E-state index is 11.6. The van der Waals surface area contributed by atoms with Crippen molar-refractivity contribution in [1.82, 2.24) is 5.32 Å². The number of ether oxygens (including phenoxy) is 1. The van der Waals surface area contributed by atoms with Crippen molar-refractivity contribution in [2.75, 3.05) is 13.2 Å². The Balaban J connectivity index is 1.87. The normalized spacial score (nSPS) is 35.7. The minimum Gasteiger partial charge on any atom is -0.466 e. The predicted octanol–water partition coefficient (Wildman–Crippen LogP) is 1.72. The van der Waals surface area contributed by atoms with Gasteiger partial charge >= 0.3 is 5.97 Å². The molecule has 3 heteroatoms. The number of fused-ring (bicyclic) bond motifs is 1. The summed E-state index contributed by atoms with van der Waals surface area (Å²) in [5.74, 6) is 0.806. The lowest BCUT2D eigenvalue weighted by Gasteiger charge is -2.39. The third kappa shape index (κ3) is 2.51.